The van der Waals surface area contributed by atoms with Gasteiger partial charge < -0.3 is 9.84 Å². The summed E-state index contributed by atoms with van der Waals surface area (Å²) in [6.45, 7) is 0. The molecule has 25 heavy (non-hydrogen) atoms. The van der Waals surface area contributed by atoms with Crippen molar-refractivity contribution in [2.24, 2.45) is 0 Å². The van der Waals surface area contributed by atoms with Gasteiger partial charge in [-0.1, -0.05) is 30.3 Å². The van der Waals surface area contributed by atoms with Gasteiger partial charge in [-0.05, 0) is 36.2 Å². The van der Waals surface area contributed by atoms with E-state index in [1.807, 2.05) is 6.07 Å². The fourth-order valence-electron chi connectivity index (χ4n) is 2.20. The number of sulfonamides is 1. The first kappa shape index (κ1) is 18.6. The Kier molecular flexibility index (Phi) is 5.89. The average molecular weight is 363 g/mol. The zero-order valence-electron chi connectivity index (χ0n) is 13.4. The molecule has 0 bridgehead atoms. The lowest BCUT2D eigenvalue weighted by Crippen LogP contribution is -2.42. The van der Waals surface area contributed by atoms with E-state index >= 15 is 0 Å². The molecule has 7 nitrogen and oxygen atoms in total. The van der Waals surface area contributed by atoms with E-state index in [0.29, 0.717) is 0 Å². The number of rotatable bonds is 7. The molecule has 8 heteroatoms. The van der Waals surface area contributed by atoms with Crippen LogP contribution in [0.2, 0.25) is 0 Å². The van der Waals surface area contributed by atoms with Crippen LogP contribution in [0.3, 0.4) is 0 Å². The Morgan fingerprint density at radius 3 is 2.20 bits per heavy atom. The molecule has 2 aromatic rings. The number of carboxylic acids is 1. The molecule has 0 heterocycles. The fraction of sp³-hybridized carbons (Fsp3) is 0.176. The van der Waals surface area contributed by atoms with Crippen LogP contribution in [-0.4, -0.2) is 38.6 Å². The third-order valence-corrected chi connectivity index (χ3v) is 4.96. The largest absolute Gasteiger partial charge is 0.478 e. The van der Waals surface area contributed by atoms with Crippen molar-refractivity contribution in [2.45, 2.75) is 17.4 Å². The Hall–Kier alpha value is -2.71. The van der Waals surface area contributed by atoms with Crippen LogP contribution < -0.4 is 4.72 Å². The van der Waals surface area contributed by atoms with E-state index in [9.17, 15) is 18.0 Å². The van der Waals surface area contributed by atoms with Gasteiger partial charge in [0.05, 0.1) is 17.6 Å². The first-order valence-electron chi connectivity index (χ1n) is 7.31. The molecular formula is C17H17NO6S. The second-order valence-electron chi connectivity index (χ2n) is 5.22. The van der Waals surface area contributed by atoms with E-state index in [1.165, 1.54) is 31.4 Å². The molecular weight excluding hydrogens is 346 g/mol. The monoisotopic (exact) mass is 363 g/mol. The molecule has 0 fully saturated rings. The highest BCUT2D eigenvalue weighted by Gasteiger charge is 2.26. The molecule has 0 saturated heterocycles. The van der Waals surface area contributed by atoms with Gasteiger partial charge in [0.15, 0.2) is 0 Å². The Morgan fingerprint density at radius 1 is 1.08 bits per heavy atom. The third kappa shape index (κ3) is 4.88. The van der Waals surface area contributed by atoms with Gasteiger partial charge in [-0.15, -0.1) is 0 Å². The smallest absolute Gasteiger partial charge is 0.335 e. The number of esters is 1. The Balaban J connectivity index is 2.24. The first-order chi connectivity index (χ1) is 11.8. The van der Waals surface area contributed by atoms with Crippen molar-refractivity contribution >= 4 is 22.0 Å². The molecule has 0 aromatic heterocycles. The lowest BCUT2D eigenvalue weighted by Gasteiger charge is -2.17. The fourth-order valence-corrected chi connectivity index (χ4v) is 3.38. The van der Waals surface area contributed by atoms with Crippen LogP contribution in [0.15, 0.2) is 59.5 Å². The lowest BCUT2D eigenvalue weighted by atomic mass is 10.1. The second kappa shape index (κ2) is 7.91. The minimum atomic E-state index is -4.02. The molecule has 1 atom stereocenters. The molecule has 0 spiro atoms. The van der Waals surface area contributed by atoms with Crippen LogP contribution in [0.5, 0.6) is 0 Å². The molecule has 2 N–H and O–H groups in total. The Bertz CT molecular complexity index is 846. The minimum absolute atomic E-state index is 0.0345. The van der Waals surface area contributed by atoms with E-state index in [2.05, 4.69) is 9.46 Å². The third-order valence-electron chi connectivity index (χ3n) is 3.48. The summed E-state index contributed by atoms with van der Waals surface area (Å²) in [7, 11) is -2.84. The number of carbonyl (C=O) groups excluding carboxylic acids is 1. The van der Waals surface area contributed by atoms with Crippen molar-refractivity contribution in [3.8, 4) is 0 Å². The van der Waals surface area contributed by atoms with Crippen LogP contribution >= 0.6 is 0 Å². The summed E-state index contributed by atoms with van der Waals surface area (Å²) in [5, 5.41) is 8.87. The van der Waals surface area contributed by atoms with E-state index in [1.54, 1.807) is 24.3 Å². The highest BCUT2D eigenvalue weighted by atomic mass is 32.2. The predicted molar refractivity (Wildman–Crippen MR) is 89.7 cm³/mol. The SMILES string of the molecule is COC(=O)[C@H](Cc1ccccc1)NS(=O)(=O)c1ccc(C(=O)O)cc1. The topological polar surface area (TPSA) is 110 Å². The summed E-state index contributed by atoms with van der Waals surface area (Å²) in [6, 6.07) is 12.5. The number of carbonyl (C=O) groups is 2. The predicted octanol–water partition coefficient (Wildman–Crippen LogP) is 1.45. The number of benzene rings is 2. The number of methoxy groups -OCH3 is 1. The molecule has 0 aliphatic heterocycles. The number of aromatic carboxylic acids is 1. The van der Waals surface area contributed by atoms with Gasteiger partial charge in [-0.2, -0.15) is 4.72 Å². The summed E-state index contributed by atoms with van der Waals surface area (Å²) < 4.78 is 31.9. The van der Waals surface area contributed by atoms with Gasteiger partial charge in [0, 0.05) is 0 Å². The maximum atomic E-state index is 12.5. The first-order valence-corrected chi connectivity index (χ1v) is 8.79. The van der Waals surface area contributed by atoms with Crippen molar-refractivity contribution in [1.82, 2.24) is 4.72 Å². The lowest BCUT2D eigenvalue weighted by molar-refractivity contribution is -0.142. The summed E-state index contributed by atoms with van der Waals surface area (Å²) in [5.74, 6) is -1.87. The van der Waals surface area contributed by atoms with E-state index in [0.717, 1.165) is 5.56 Å². The van der Waals surface area contributed by atoms with Crippen LogP contribution in [0.1, 0.15) is 15.9 Å². The summed E-state index contributed by atoms with van der Waals surface area (Å²) >= 11 is 0. The normalized spacial score (nSPS) is 12.4. The molecule has 0 unspecified atom stereocenters. The number of carboxylic acid groups (broad SMARTS) is 1. The van der Waals surface area contributed by atoms with Crippen molar-refractivity contribution < 1.29 is 27.9 Å². The maximum Gasteiger partial charge on any atom is 0.335 e. The number of nitrogens with one attached hydrogen (secondary N) is 1. The van der Waals surface area contributed by atoms with Crippen molar-refractivity contribution in [3.05, 3.63) is 65.7 Å². The molecule has 2 rings (SSSR count). The van der Waals surface area contributed by atoms with E-state index < -0.39 is 28.0 Å². The van der Waals surface area contributed by atoms with Crippen molar-refractivity contribution in [1.29, 1.82) is 0 Å². The van der Waals surface area contributed by atoms with Crippen molar-refractivity contribution in [2.75, 3.05) is 7.11 Å². The molecule has 0 aliphatic rings. The van der Waals surface area contributed by atoms with Crippen molar-refractivity contribution in [3.63, 3.8) is 0 Å². The summed E-state index contributed by atoms with van der Waals surface area (Å²) in [5.41, 5.74) is 0.731. The Labute approximate surface area is 145 Å². The van der Waals surface area contributed by atoms with Gasteiger partial charge in [0.2, 0.25) is 10.0 Å². The molecule has 0 radical (unpaired) electrons. The van der Waals surface area contributed by atoms with Crippen LogP contribution in [-0.2, 0) is 26.0 Å². The van der Waals surface area contributed by atoms with Gasteiger partial charge >= 0.3 is 11.9 Å². The zero-order chi connectivity index (χ0) is 18.4. The van der Waals surface area contributed by atoms with Crippen LogP contribution in [0, 0.1) is 0 Å². The summed E-state index contributed by atoms with van der Waals surface area (Å²) in [6.07, 6.45) is 0.125. The molecule has 0 saturated carbocycles. The molecule has 0 aliphatic carbocycles. The van der Waals surface area contributed by atoms with E-state index in [-0.39, 0.29) is 16.9 Å². The quantitative estimate of drug-likeness (QED) is 0.721. The van der Waals surface area contributed by atoms with E-state index in [4.69, 9.17) is 5.11 Å². The summed E-state index contributed by atoms with van der Waals surface area (Å²) in [4.78, 5) is 22.6. The molecule has 132 valence electrons. The van der Waals surface area contributed by atoms with Crippen LogP contribution in [0.4, 0.5) is 0 Å². The average Bonchev–Trinajstić information content (AvgIpc) is 2.61. The zero-order valence-corrected chi connectivity index (χ0v) is 14.2. The highest BCUT2D eigenvalue weighted by molar-refractivity contribution is 7.89. The highest BCUT2D eigenvalue weighted by Crippen LogP contribution is 2.13. The van der Waals surface area contributed by atoms with Gasteiger partial charge in [-0.25, -0.2) is 13.2 Å². The van der Waals surface area contributed by atoms with Gasteiger partial charge in [0.25, 0.3) is 0 Å². The number of ether oxygens (including phenoxy) is 1. The molecule has 2 aromatic carbocycles. The maximum absolute atomic E-state index is 12.5. The second-order valence-corrected chi connectivity index (χ2v) is 6.93. The number of hydrogen-bond donors (Lipinski definition) is 2. The van der Waals surface area contributed by atoms with Gasteiger partial charge in [-0.3, -0.25) is 4.79 Å². The minimum Gasteiger partial charge on any atom is -0.478 e. The number of hydrogen-bond acceptors (Lipinski definition) is 5. The van der Waals surface area contributed by atoms with Gasteiger partial charge in [0.1, 0.15) is 6.04 Å². The standard InChI is InChI=1S/C17H17NO6S/c1-24-17(21)15(11-12-5-3-2-4-6-12)18-25(22,23)14-9-7-13(8-10-14)16(19)20/h2-10,15,18H,11H2,1H3,(H,19,20)/t15-/m0/s1. The Morgan fingerprint density at radius 2 is 1.68 bits per heavy atom. The van der Waals surface area contributed by atoms with Crippen LogP contribution in [0.25, 0.3) is 0 Å². The molecule has 0 amide bonds.